The average Bonchev–Trinajstić information content (AvgIpc) is 3.42. The number of halogens is 2. The van der Waals surface area contributed by atoms with Crippen LogP contribution in [0.1, 0.15) is 51.7 Å². The summed E-state index contributed by atoms with van der Waals surface area (Å²) >= 11 is -4.17. The molecule has 2 aliphatic carbocycles. The molecule has 36 heavy (non-hydrogen) atoms. The van der Waals surface area contributed by atoms with Gasteiger partial charge in [0.2, 0.25) is 0 Å². The van der Waals surface area contributed by atoms with Crippen LogP contribution in [0.4, 0.5) is 0 Å². The first-order valence-electron chi connectivity index (χ1n) is 12.9. The SMILES string of the molecule is Cl.Cl.[CH2]=[Zr]([CH3])([C]1=CC(C(C)(C)C)=CC1CCC)([c]1ccccc1)[c]1cccc2c1Cc1ccccc1-2. The Balaban J connectivity index is 0.00000180. The third kappa shape index (κ3) is 4.51. The third-order valence-corrected chi connectivity index (χ3v) is 23.0. The van der Waals surface area contributed by atoms with Crippen LogP contribution < -0.4 is 6.54 Å². The Hall–Kier alpha value is -1.53. The predicted molar refractivity (Wildman–Crippen MR) is 162 cm³/mol. The number of benzene rings is 3. The first-order valence-corrected chi connectivity index (χ1v) is 20.8. The standard InChI is InChI=1S/C13H9.C12H19.C6H5.CH3.CH2.2ClH.Zr/c1-3-7-12-10(5-1)9-11-6-2-4-8-13(11)12;1-5-6-10-7-8-11(9-10)12(2,3)4;1-2-4-6-5-3-1;;;;;/h1-5,7-8H,9H2;8-10H,5-6H2,1-4H3;1-5H;1H3;1H2;2*1H;. The maximum absolute atomic E-state index is 5.42. The van der Waals surface area contributed by atoms with Crippen LogP contribution >= 0.6 is 24.8 Å². The van der Waals surface area contributed by atoms with E-state index in [4.69, 9.17) is 4.21 Å². The Labute approximate surface area is 231 Å². The van der Waals surface area contributed by atoms with Crippen molar-refractivity contribution in [3.05, 3.63) is 105 Å². The van der Waals surface area contributed by atoms with E-state index in [0.29, 0.717) is 5.92 Å². The van der Waals surface area contributed by atoms with Crippen LogP contribution in [0.3, 0.4) is 0 Å². The van der Waals surface area contributed by atoms with Crippen LogP contribution in [-0.2, 0) is 24.7 Å². The van der Waals surface area contributed by atoms with Crippen molar-refractivity contribution in [2.45, 2.75) is 51.6 Å². The van der Waals surface area contributed by atoms with Crippen LogP contribution in [0.25, 0.3) is 11.1 Å². The molecule has 3 heteroatoms. The van der Waals surface area contributed by atoms with Crippen molar-refractivity contribution in [3.63, 3.8) is 0 Å². The molecule has 0 heterocycles. The minimum atomic E-state index is -4.17. The normalized spacial score (nSPS) is 16.8. The molecule has 0 amide bonds. The predicted octanol–water partition coefficient (Wildman–Crippen LogP) is 8.51. The summed E-state index contributed by atoms with van der Waals surface area (Å²) in [4.78, 5) is 0. The molecule has 3 aromatic rings. The van der Waals surface area contributed by atoms with Gasteiger partial charge in [0.15, 0.2) is 0 Å². The molecule has 190 valence electrons. The van der Waals surface area contributed by atoms with Gasteiger partial charge in [0.25, 0.3) is 0 Å². The van der Waals surface area contributed by atoms with Gasteiger partial charge in [-0.15, -0.1) is 24.8 Å². The number of hydrogen-bond acceptors (Lipinski definition) is 0. The number of rotatable bonds is 5. The van der Waals surface area contributed by atoms with Gasteiger partial charge in [0.1, 0.15) is 0 Å². The van der Waals surface area contributed by atoms with Gasteiger partial charge in [-0.1, -0.05) is 0 Å². The summed E-state index contributed by atoms with van der Waals surface area (Å²) in [6.07, 6.45) is 8.58. The van der Waals surface area contributed by atoms with Crippen molar-refractivity contribution in [2.75, 3.05) is 0 Å². The molecular weight excluding hydrogens is 558 g/mol. The van der Waals surface area contributed by atoms with E-state index in [9.17, 15) is 0 Å². The first-order chi connectivity index (χ1) is 16.1. The Morgan fingerprint density at radius 3 is 2.17 bits per heavy atom. The fraction of sp³-hybridized carbons (Fsp3) is 0.303. The summed E-state index contributed by atoms with van der Waals surface area (Å²) < 4.78 is 12.7. The fourth-order valence-electron chi connectivity index (χ4n) is 6.50. The van der Waals surface area contributed by atoms with E-state index in [-0.39, 0.29) is 30.2 Å². The van der Waals surface area contributed by atoms with Crippen LogP contribution in [0.2, 0.25) is 4.63 Å². The molecule has 0 aliphatic heterocycles. The molecule has 0 saturated heterocycles. The molecular formula is C33H40Cl2Zr. The number of hydrogen-bond donors (Lipinski definition) is 0. The van der Waals surface area contributed by atoms with Crippen molar-refractivity contribution in [1.29, 1.82) is 0 Å². The second kappa shape index (κ2) is 10.3. The topological polar surface area (TPSA) is 0 Å². The fourth-order valence-corrected chi connectivity index (χ4v) is 19.8. The minimum absolute atomic E-state index is 0. The van der Waals surface area contributed by atoms with Crippen molar-refractivity contribution in [2.24, 2.45) is 11.3 Å². The molecule has 0 spiro atoms. The molecule has 0 N–H and O–H groups in total. The van der Waals surface area contributed by atoms with E-state index in [2.05, 4.69) is 117 Å². The van der Waals surface area contributed by atoms with Gasteiger partial charge in [-0.05, 0) is 0 Å². The number of allylic oxidation sites excluding steroid dienone is 4. The number of fused-ring (bicyclic) bond motifs is 3. The van der Waals surface area contributed by atoms with E-state index in [1.165, 1.54) is 43.9 Å². The maximum atomic E-state index is 5.42. The monoisotopic (exact) mass is 596 g/mol. The van der Waals surface area contributed by atoms with Crippen LogP contribution in [-0.4, -0.2) is 4.21 Å². The average molecular weight is 599 g/mol. The summed E-state index contributed by atoms with van der Waals surface area (Å²) in [7, 11) is 0. The zero-order valence-corrected chi connectivity index (χ0v) is 26.4. The molecule has 0 aromatic heterocycles. The van der Waals surface area contributed by atoms with Gasteiger partial charge in [-0.2, -0.15) is 0 Å². The summed E-state index contributed by atoms with van der Waals surface area (Å²) in [5.74, 6) is 0.479. The Morgan fingerprint density at radius 1 is 0.861 bits per heavy atom. The molecule has 0 bridgehead atoms. The molecule has 0 nitrogen and oxygen atoms in total. The molecule has 0 fully saturated rings. The van der Waals surface area contributed by atoms with Crippen LogP contribution in [0.5, 0.6) is 0 Å². The van der Waals surface area contributed by atoms with Crippen LogP contribution in [0.15, 0.2) is 93.8 Å². The quantitative estimate of drug-likeness (QED) is 0.216. The van der Waals surface area contributed by atoms with E-state index in [1.54, 1.807) is 6.55 Å². The Bertz CT molecular complexity index is 1390. The Kier molecular flexibility index (Phi) is 8.33. The van der Waals surface area contributed by atoms with Crippen molar-refractivity contribution >= 4 is 35.6 Å². The molecule has 5 rings (SSSR count). The van der Waals surface area contributed by atoms with Crippen molar-refractivity contribution in [3.8, 4) is 11.1 Å². The molecule has 1 unspecified atom stereocenters. The molecule has 1 atom stereocenters. The zero-order valence-electron chi connectivity index (χ0n) is 22.3. The van der Waals surface area contributed by atoms with Gasteiger partial charge in [-0.3, -0.25) is 0 Å². The first kappa shape index (κ1) is 29.0. The van der Waals surface area contributed by atoms with E-state index < -0.39 is 18.3 Å². The second-order valence-electron chi connectivity index (χ2n) is 11.9. The van der Waals surface area contributed by atoms with Crippen molar-refractivity contribution < 1.29 is 18.3 Å². The van der Waals surface area contributed by atoms with Gasteiger partial charge in [-0.25, -0.2) is 0 Å². The zero-order chi connectivity index (χ0) is 24.2. The second-order valence-corrected chi connectivity index (χ2v) is 25.9. The van der Waals surface area contributed by atoms with E-state index in [0.717, 1.165) is 6.42 Å². The molecule has 0 radical (unpaired) electrons. The van der Waals surface area contributed by atoms with Gasteiger partial charge < -0.3 is 0 Å². The summed E-state index contributed by atoms with van der Waals surface area (Å²) in [6.45, 7) is 9.37. The molecule has 0 saturated carbocycles. The summed E-state index contributed by atoms with van der Waals surface area (Å²) in [6, 6.07) is 27.4. The van der Waals surface area contributed by atoms with E-state index in [1.807, 2.05) is 0 Å². The molecule has 2 aliphatic rings. The van der Waals surface area contributed by atoms with E-state index >= 15 is 0 Å². The Morgan fingerprint density at radius 2 is 1.50 bits per heavy atom. The summed E-state index contributed by atoms with van der Waals surface area (Å²) in [5.41, 5.74) is 7.43. The van der Waals surface area contributed by atoms with Gasteiger partial charge >= 0.3 is 208 Å². The van der Waals surface area contributed by atoms with Gasteiger partial charge in [0.05, 0.1) is 0 Å². The van der Waals surface area contributed by atoms with Crippen molar-refractivity contribution in [1.82, 2.24) is 0 Å². The van der Waals surface area contributed by atoms with Crippen LogP contribution in [0, 0.1) is 11.3 Å². The molecule has 3 aromatic carbocycles. The summed E-state index contributed by atoms with van der Waals surface area (Å²) in [5, 5.41) is 0. The third-order valence-electron chi connectivity index (χ3n) is 8.47. The van der Waals surface area contributed by atoms with Gasteiger partial charge in [0, 0.05) is 0 Å².